The van der Waals surface area contributed by atoms with Gasteiger partial charge in [0, 0.05) is 13.6 Å². The maximum Gasteiger partial charge on any atom is 0.271 e. The van der Waals surface area contributed by atoms with Gasteiger partial charge in [-0.3, -0.25) is 14.3 Å². The van der Waals surface area contributed by atoms with E-state index in [-0.39, 0.29) is 22.6 Å². The SMILES string of the molecule is CC(C)CNC(=O)c1c(NC(=O)C23CC4CC(C2)CC(n2cnc(Cl)n2)(C4)C3)cnn1C. The maximum absolute atomic E-state index is 13.7. The summed E-state index contributed by atoms with van der Waals surface area (Å²) in [5.41, 5.74) is 0.145. The monoisotopic (exact) mass is 459 g/mol. The van der Waals surface area contributed by atoms with Gasteiger partial charge in [-0.1, -0.05) is 13.8 Å². The van der Waals surface area contributed by atoms with Crippen molar-refractivity contribution in [2.75, 3.05) is 11.9 Å². The van der Waals surface area contributed by atoms with Crippen molar-refractivity contribution in [3.63, 3.8) is 0 Å². The minimum Gasteiger partial charge on any atom is -0.350 e. The molecule has 4 fully saturated rings. The zero-order chi connectivity index (χ0) is 22.7. The van der Waals surface area contributed by atoms with Crippen LogP contribution in [0, 0.1) is 23.2 Å². The van der Waals surface area contributed by atoms with Crippen molar-refractivity contribution < 1.29 is 9.59 Å². The maximum atomic E-state index is 13.7. The van der Waals surface area contributed by atoms with Gasteiger partial charge in [-0.25, -0.2) is 9.67 Å². The van der Waals surface area contributed by atoms with Gasteiger partial charge in [0.15, 0.2) is 0 Å². The van der Waals surface area contributed by atoms with Crippen LogP contribution in [-0.2, 0) is 17.4 Å². The molecule has 0 saturated heterocycles. The average Bonchev–Trinajstić information content (AvgIpc) is 3.31. The van der Waals surface area contributed by atoms with Gasteiger partial charge in [-0.15, -0.1) is 5.10 Å². The lowest BCUT2D eigenvalue weighted by Crippen LogP contribution is -2.60. The van der Waals surface area contributed by atoms with E-state index in [1.807, 2.05) is 18.5 Å². The van der Waals surface area contributed by atoms with E-state index in [1.54, 1.807) is 19.6 Å². The molecule has 2 atom stereocenters. The first kappa shape index (κ1) is 21.4. The quantitative estimate of drug-likeness (QED) is 0.690. The third-order valence-corrected chi connectivity index (χ3v) is 7.71. The minimum atomic E-state index is -0.482. The zero-order valence-corrected chi connectivity index (χ0v) is 19.5. The Morgan fingerprint density at radius 3 is 2.59 bits per heavy atom. The molecule has 0 spiro atoms. The van der Waals surface area contributed by atoms with Crippen molar-refractivity contribution in [1.29, 1.82) is 0 Å². The first-order chi connectivity index (χ1) is 15.2. The predicted octanol–water partition coefficient (Wildman–Crippen LogP) is 2.99. The van der Waals surface area contributed by atoms with Crippen molar-refractivity contribution >= 4 is 29.1 Å². The van der Waals surface area contributed by atoms with Crippen LogP contribution in [0.5, 0.6) is 0 Å². The summed E-state index contributed by atoms with van der Waals surface area (Å²) >= 11 is 6.03. The van der Waals surface area contributed by atoms with E-state index in [0.29, 0.717) is 42.1 Å². The number of hydrogen-bond acceptors (Lipinski definition) is 5. The number of carbonyl (C=O) groups is 2. The van der Waals surface area contributed by atoms with Crippen LogP contribution in [-0.4, -0.2) is 42.9 Å². The zero-order valence-electron chi connectivity index (χ0n) is 18.8. The summed E-state index contributed by atoms with van der Waals surface area (Å²) in [6, 6.07) is 0. The van der Waals surface area contributed by atoms with Crippen LogP contribution in [0.2, 0.25) is 5.28 Å². The molecule has 2 heterocycles. The van der Waals surface area contributed by atoms with E-state index in [0.717, 1.165) is 32.1 Å². The molecule has 10 heteroatoms. The van der Waals surface area contributed by atoms with Crippen LogP contribution in [0.3, 0.4) is 0 Å². The second-order valence-electron chi connectivity index (χ2n) is 10.5. The molecule has 2 amide bonds. The number of hydrogen-bond donors (Lipinski definition) is 2. The second kappa shape index (κ2) is 7.57. The fraction of sp³-hybridized carbons (Fsp3) is 0.682. The molecule has 6 rings (SSSR count). The summed E-state index contributed by atoms with van der Waals surface area (Å²) in [7, 11) is 1.72. The summed E-state index contributed by atoms with van der Waals surface area (Å²) in [5, 5.41) is 14.9. The van der Waals surface area contributed by atoms with Crippen molar-refractivity contribution in [1.82, 2.24) is 29.9 Å². The van der Waals surface area contributed by atoms with Gasteiger partial charge in [0.1, 0.15) is 12.0 Å². The molecular formula is C22H30ClN7O2. The van der Waals surface area contributed by atoms with Gasteiger partial charge >= 0.3 is 0 Å². The van der Waals surface area contributed by atoms with Crippen molar-refractivity contribution in [3.05, 3.63) is 23.5 Å². The molecule has 2 aromatic rings. The van der Waals surface area contributed by atoms with Crippen LogP contribution >= 0.6 is 11.6 Å². The van der Waals surface area contributed by atoms with E-state index in [9.17, 15) is 9.59 Å². The van der Waals surface area contributed by atoms with Gasteiger partial charge in [0.05, 0.1) is 22.8 Å². The largest absolute Gasteiger partial charge is 0.350 e. The highest BCUT2D eigenvalue weighted by Gasteiger charge is 2.61. The van der Waals surface area contributed by atoms with Crippen molar-refractivity contribution in [2.45, 2.75) is 57.9 Å². The van der Waals surface area contributed by atoms with Gasteiger partial charge in [0.25, 0.3) is 5.91 Å². The summed E-state index contributed by atoms with van der Waals surface area (Å²) in [6.45, 7) is 4.64. The molecule has 4 bridgehead atoms. The fourth-order valence-electron chi connectivity index (χ4n) is 6.65. The Hall–Kier alpha value is -2.42. The van der Waals surface area contributed by atoms with Crippen LogP contribution in [0.4, 0.5) is 5.69 Å². The Kier molecular flexibility index (Phi) is 5.07. The average molecular weight is 460 g/mol. The number of nitrogens with one attached hydrogen (secondary N) is 2. The Morgan fingerprint density at radius 2 is 1.97 bits per heavy atom. The molecular weight excluding hydrogens is 430 g/mol. The first-order valence-electron chi connectivity index (χ1n) is 11.4. The predicted molar refractivity (Wildman–Crippen MR) is 119 cm³/mol. The molecule has 2 N–H and O–H groups in total. The third kappa shape index (κ3) is 3.50. The third-order valence-electron chi connectivity index (χ3n) is 7.53. The van der Waals surface area contributed by atoms with Crippen LogP contribution in [0.1, 0.15) is 62.9 Å². The van der Waals surface area contributed by atoms with Crippen molar-refractivity contribution in [2.24, 2.45) is 30.2 Å². The number of anilines is 1. The Balaban J connectivity index is 1.40. The molecule has 4 aliphatic rings. The summed E-state index contributed by atoms with van der Waals surface area (Å²) in [5.74, 6) is 1.04. The summed E-state index contributed by atoms with van der Waals surface area (Å²) < 4.78 is 3.42. The highest BCUT2D eigenvalue weighted by molar-refractivity contribution is 6.28. The molecule has 2 unspecified atom stereocenters. The standard InChI is InChI=1S/C22H30ClN7O2/c1-13(2)9-24-18(31)17-16(10-26-29(17)3)27-19(32)21-5-14-4-15(6-21)8-22(7-14,11-21)30-12-25-20(23)28-30/h10,12-15H,4-9,11H2,1-3H3,(H,24,31)(H,27,32). The number of aryl methyl sites for hydroxylation is 1. The summed E-state index contributed by atoms with van der Waals surface area (Å²) in [6.07, 6.45) is 8.91. The number of aromatic nitrogens is 5. The highest BCUT2D eigenvalue weighted by atomic mass is 35.5. The molecule has 0 radical (unpaired) electrons. The smallest absolute Gasteiger partial charge is 0.271 e. The molecule has 172 valence electrons. The van der Waals surface area contributed by atoms with E-state index >= 15 is 0 Å². The van der Waals surface area contributed by atoms with Gasteiger partial charge < -0.3 is 10.6 Å². The van der Waals surface area contributed by atoms with Crippen LogP contribution < -0.4 is 10.6 Å². The highest BCUT2D eigenvalue weighted by Crippen LogP contribution is 2.64. The number of rotatable bonds is 6. The van der Waals surface area contributed by atoms with Gasteiger partial charge in [-0.2, -0.15) is 5.10 Å². The number of carbonyl (C=O) groups excluding carboxylic acids is 2. The van der Waals surface area contributed by atoms with E-state index in [4.69, 9.17) is 11.6 Å². The minimum absolute atomic E-state index is 0.0203. The topological polar surface area (TPSA) is 107 Å². The Morgan fingerprint density at radius 1 is 1.25 bits per heavy atom. The first-order valence-corrected chi connectivity index (χ1v) is 11.8. The molecule has 32 heavy (non-hydrogen) atoms. The number of halogens is 1. The van der Waals surface area contributed by atoms with Crippen molar-refractivity contribution in [3.8, 4) is 0 Å². The summed E-state index contributed by atoms with van der Waals surface area (Å²) in [4.78, 5) is 30.6. The molecule has 0 aliphatic heterocycles. The van der Waals surface area contributed by atoms with Crippen LogP contribution in [0.25, 0.3) is 0 Å². The lowest BCUT2D eigenvalue weighted by molar-refractivity contribution is -0.150. The molecule has 4 saturated carbocycles. The molecule has 0 aromatic carbocycles. The second-order valence-corrected chi connectivity index (χ2v) is 10.9. The molecule has 4 aliphatic carbocycles. The van der Waals surface area contributed by atoms with Gasteiger partial charge in [-0.05, 0) is 67.9 Å². The Labute approximate surface area is 192 Å². The lowest BCUT2D eigenvalue weighted by Gasteiger charge is -2.60. The van der Waals surface area contributed by atoms with E-state index in [2.05, 4.69) is 25.8 Å². The van der Waals surface area contributed by atoms with Crippen LogP contribution in [0.15, 0.2) is 12.5 Å². The fourth-order valence-corrected chi connectivity index (χ4v) is 6.78. The molecule has 9 nitrogen and oxygen atoms in total. The van der Waals surface area contributed by atoms with E-state index < -0.39 is 5.41 Å². The normalized spacial score (nSPS) is 30.7. The van der Waals surface area contributed by atoms with E-state index in [1.165, 1.54) is 4.68 Å². The van der Waals surface area contributed by atoms with Gasteiger partial charge in [0.2, 0.25) is 11.2 Å². The number of amides is 2. The Bertz CT molecular complexity index is 1040. The lowest BCUT2D eigenvalue weighted by atomic mass is 9.46. The number of nitrogens with zero attached hydrogens (tertiary/aromatic N) is 5. The molecule has 2 aromatic heterocycles.